The molecule has 1 N–H and O–H groups in total. The number of nitrogens with zero attached hydrogens (tertiary/aromatic N) is 2. The molecule has 5 nitrogen and oxygen atoms in total. The van der Waals surface area contributed by atoms with Crippen molar-refractivity contribution in [2.45, 2.75) is 29.1 Å². The van der Waals surface area contributed by atoms with E-state index >= 15 is 0 Å². The molecule has 0 spiro atoms. The minimum Gasteiger partial charge on any atom is -0.264 e. The second kappa shape index (κ2) is 9.40. The summed E-state index contributed by atoms with van der Waals surface area (Å²) < 4.78 is 59.5. The summed E-state index contributed by atoms with van der Waals surface area (Å²) in [6, 6.07) is 16.8. The van der Waals surface area contributed by atoms with Crippen molar-refractivity contribution in [1.29, 1.82) is 0 Å². The van der Waals surface area contributed by atoms with Gasteiger partial charge >= 0.3 is 0 Å². The Hall–Kier alpha value is -2.75. The first-order valence-electron chi connectivity index (χ1n) is 9.90. The number of hydrogen-bond donors (Lipinski definition) is 1. The van der Waals surface area contributed by atoms with Gasteiger partial charge in [-0.05, 0) is 36.2 Å². The molecule has 4 aromatic rings. The van der Waals surface area contributed by atoms with Gasteiger partial charge in [-0.15, -0.1) is 0 Å². The molecule has 2 aromatic heterocycles. The summed E-state index contributed by atoms with van der Waals surface area (Å²) in [6.07, 6.45) is 5.40. The maximum atomic E-state index is 14.4. The lowest BCUT2D eigenvalue weighted by Gasteiger charge is -2.13. The van der Waals surface area contributed by atoms with Gasteiger partial charge in [0.25, 0.3) is 5.92 Å². The molecule has 2 heterocycles. The van der Waals surface area contributed by atoms with Crippen LogP contribution in [0.25, 0.3) is 10.9 Å². The monoisotopic (exact) mass is 473 g/mol. The molecule has 2 atom stereocenters. The third kappa shape index (κ3) is 4.69. The topological polar surface area (TPSA) is 64.0 Å². The number of pyridine rings is 1. The fraction of sp³-hybridized carbons (Fsp3) is 0.174. The Balaban J connectivity index is 1.73. The maximum absolute atomic E-state index is 14.4. The van der Waals surface area contributed by atoms with E-state index < -0.39 is 27.9 Å². The van der Waals surface area contributed by atoms with E-state index in [1.165, 1.54) is 22.3 Å². The van der Waals surface area contributed by atoms with E-state index in [0.29, 0.717) is 23.4 Å². The molecular formula is C23H21F2N3O2S2. The number of fused-ring (bicyclic) bond motifs is 1. The lowest BCUT2D eigenvalue weighted by molar-refractivity contribution is 0.0190. The van der Waals surface area contributed by atoms with Gasteiger partial charge < -0.3 is 0 Å². The zero-order valence-corrected chi connectivity index (χ0v) is 18.8. The Labute approximate surface area is 189 Å². The normalized spacial score (nSPS) is 13.8. The van der Waals surface area contributed by atoms with Gasteiger partial charge in [0.1, 0.15) is 11.0 Å². The molecule has 0 amide bonds. The van der Waals surface area contributed by atoms with Gasteiger partial charge in [0.15, 0.2) is 11.0 Å². The number of hydrogen-bond acceptors (Lipinski definition) is 3. The van der Waals surface area contributed by atoms with Crippen LogP contribution in [0.5, 0.6) is 0 Å². The lowest BCUT2D eigenvalue weighted by Crippen LogP contribution is -2.20. The fourth-order valence-corrected chi connectivity index (χ4v) is 5.69. The molecule has 0 aliphatic rings. The van der Waals surface area contributed by atoms with E-state index in [4.69, 9.17) is 0 Å². The minimum absolute atomic E-state index is 0.150. The molecule has 4 rings (SSSR count). The number of nitrogens with one attached hydrogen (secondary N) is 1. The first-order valence-corrected chi connectivity index (χ1v) is 12.2. The van der Waals surface area contributed by atoms with Crippen LogP contribution in [0.2, 0.25) is 0 Å². The molecule has 0 saturated carbocycles. The highest BCUT2D eigenvalue weighted by molar-refractivity contribution is 7.84. The molecule has 0 aliphatic heterocycles. The Morgan fingerprint density at radius 2 is 1.81 bits per heavy atom. The van der Waals surface area contributed by atoms with Crippen molar-refractivity contribution in [3.8, 4) is 0 Å². The predicted octanol–water partition coefficient (Wildman–Crippen LogP) is 4.57. The number of aromatic nitrogens is 2. The van der Waals surface area contributed by atoms with Crippen LogP contribution in [0.3, 0.4) is 0 Å². The number of halogens is 2. The van der Waals surface area contributed by atoms with E-state index in [2.05, 4.69) is 9.71 Å². The van der Waals surface area contributed by atoms with Crippen LogP contribution in [-0.2, 0) is 34.3 Å². The van der Waals surface area contributed by atoms with Crippen molar-refractivity contribution in [3.05, 3.63) is 90.4 Å². The van der Waals surface area contributed by atoms with Crippen LogP contribution in [0.4, 0.5) is 8.78 Å². The van der Waals surface area contributed by atoms with Crippen molar-refractivity contribution in [2.24, 2.45) is 0 Å². The van der Waals surface area contributed by atoms with Crippen LogP contribution < -0.4 is 4.72 Å². The van der Waals surface area contributed by atoms with Gasteiger partial charge in [0.05, 0.1) is 15.3 Å². The van der Waals surface area contributed by atoms with Crippen LogP contribution in [0, 0.1) is 0 Å². The largest absolute Gasteiger partial charge is 0.271 e. The number of rotatable bonds is 8. The van der Waals surface area contributed by atoms with Crippen molar-refractivity contribution >= 4 is 32.9 Å². The Bertz CT molecular complexity index is 1270. The summed E-state index contributed by atoms with van der Waals surface area (Å²) in [5.41, 5.74) is 1.05. The van der Waals surface area contributed by atoms with Crippen molar-refractivity contribution in [1.82, 2.24) is 13.7 Å². The smallest absolute Gasteiger partial charge is 0.264 e. The second-order valence-corrected chi connectivity index (χ2v) is 9.87. The van der Waals surface area contributed by atoms with Crippen molar-refractivity contribution in [2.75, 3.05) is 6.54 Å². The van der Waals surface area contributed by atoms with Crippen LogP contribution >= 0.6 is 0 Å². The second-order valence-electron chi connectivity index (χ2n) is 7.24. The first-order chi connectivity index (χ1) is 15.4. The molecule has 0 bridgehead atoms. The average Bonchev–Trinajstić information content (AvgIpc) is 3.19. The molecule has 9 heteroatoms. The minimum atomic E-state index is -3.16. The Morgan fingerprint density at radius 3 is 2.50 bits per heavy atom. The Kier molecular flexibility index (Phi) is 6.59. The molecule has 166 valence electrons. The lowest BCUT2D eigenvalue weighted by atomic mass is 10.1. The van der Waals surface area contributed by atoms with E-state index in [9.17, 15) is 17.2 Å². The molecule has 2 unspecified atom stereocenters. The van der Waals surface area contributed by atoms with E-state index in [1.807, 2.05) is 12.1 Å². The highest BCUT2D eigenvalue weighted by atomic mass is 32.2. The average molecular weight is 474 g/mol. The van der Waals surface area contributed by atoms with Gasteiger partial charge in [-0.1, -0.05) is 36.4 Å². The summed E-state index contributed by atoms with van der Waals surface area (Å²) in [6.45, 7) is 1.16. The highest BCUT2D eigenvalue weighted by Crippen LogP contribution is 2.37. The standard InChI is InChI=1S/C23H21F2N3O2S2/c1-23(24,25)19-10-5-11-20-22(19)21(16-28(20)32(30)18-8-3-2-4-9-18)31(29)27-14-12-17-7-6-13-26-15-17/h2-11,13,15-16,27H,12,14H2,1H3. The summed E-state index contributed by atoms with van der Waals surface area (Å²) in [5, 5.41) is 0.150. The van der Waals surface area contributed by atoms with E-state index in [-0.39, 0.29) is 15.8 Å². The quantitative estimate of drug-likeness (QED) is 0.408. The summed E-state index contributed by atoms with van der Waals surface area (Å²) in [7, 11) is -3.47. The molecule has 0 radical (unpaired) electrons. The van der Waals surface area contributed by atoms with Crippen molar-refractivity contribution < 1.29 is 17.2 Å². The molecule has 0 fully saturated rings. The first kappa shape index (κ1) is 22.4. The third-order valence-corrected chi connectivity index (χ3v) is 7.44. The van der Waals surface area contributed by atoms with Gasteiger partial charge in [0, 0.05) is 43.0 Å². The van der Waals surface area contributed by atoms with Crippen LogP contribution in [-0.4, -0.2) is 23.9 Å². The Morgan fingerprint density at radius 1 is 1.03 bits per heavy atom. The summed E-state index contributed by atoms with van der Waals surface area (Å²) in [5.74, 6) is -3.16. The van der Waals surface area contributed by atoms with Gasteiger partial charge in [-0.2, -0.15) is 0 Å². The molecule has 2 aromatic carbocycles. The van der Waals surface area contributed by atoms with E-state index in [1.54, 1.807) is 48.8 Å². The number of alkyl halides is 2. The third-order valence-electron chi connectivity index (χ3n) is 4.93. The fourth-order valence-electron chi connectivity index (χ4n) is 3.43. The highest BCUT2D eigenvalue weighted by Gasteiger charge is 2.31. The molecular weight excluding hydrogens is 452 g/mol. The van der Waals surface area contributed by atoms with Gasteiger partial charge in [-0.25, -0.2) is 21.9 Å². The molecule has 32 heavy (non-hydrogen) atoms. The maximum Gasteiger partial charge on any atom is 0.271 e. The zero-order valence-electron chi connectivity index (χ0n) is 17.2. The molecule has 0 aliphatic carbocycles. The zero-order chi connectivity index (χ0) is 22.7. The SMILES string of the molecule is CC(F)(F)c1cccc2c1c(S(=O)NCCc1cccnc1)cn2S(=O)c1ccccc1. The summed E-state index contributed by atoms with van der Waals surface area (Å²) in [4.78, 5) is 4.74. The van der Waals surface area contributed by atoms with E-state index in [0.717, 1.165) is 12.5 Å². The van der Waals surface area contributed by atoms with Gasteiger partial charge in [-0.3, -0.25) is 8.96 Å². The number of benzene rings is 2. The van der Waals surface area contributed by atoms with Crippen LogP contribution in [0.15, 0.2) is 89.0 Å². The van der Waals surface area contributed by atoms with Gasteiger partial charge in [0.2, 0.25) is 0 Å². The molecule has 0 saturated heterocycles. The van der Waals surface area contributed by atoms with Crippen molar-refractivity contribution in [3.63, 3.8) is 0 Å². The van der Waals surface area contributed by atoms with Crippen LogP contribution in [0.1, 0.15) is 18.1 Å². The summed E-state index contributed by atoms with van der Waals surface area (Å²) >= 11 is 0. The predicted molar refractivity (Wildman–Crippen MR) is 122 cm³/mol.